The highest BCUT2D eigenvalue weighted by Crippen LogP contribution is 2.24. The van der Waals surface area contributed by atoms with E-state index in [1.165, 1.54) is 0 Å². The number of nitrogens with zero attached hydrogens (tertiary/aromatic N) is 7. The molecule has 0 atom stereocenters. The zero-order valence-electron chi connectivity index (χ0n) is 23.1. The molecule has 2 amide bonds. The summed E-state index contributed by atoms with van der Waals surface area (Å²) in [6.07, 6.45) is 3.57. The Hall–Kier alpha value is -4.64. The number of amides is 2. The number of nitrogens with one attached hydrogen (secondary N) is 2. The second kappa shape index (κ2) is 12.0. The average molecular weight is 540 g/mol. The number of hydrogen-bond acceptors (Lipinski definition) is 9. The van der Waals surface area contributed by atoms with Gasteiger partial charge in [-0.15, -0.1) is 0 Å². The second-order valence-corrected chi connectivity index (χ2v) is 9.97. The molecule has 1 fully saturated rings. The number of ether oxygens (including phenoxy) is 1. The summed E-state index contributed by atoms with van der Waals surface area (Å²) in [5.41, 5.74) is 4.04. The van der Waals surface area contributed by atoms with Gasteiger partial charge in [0.2, 0.25) is 11.9 Å². The van der Waals surface area contributed by atoms with E-state index in [0.29, 0.717) is 42.3 Å². The maximum absolute atomic E-state index is 12.6. The fourth-order valence-corrected chi connectivity index (χ4v) is 4.12. The van der Waals surface area contributed by atoms with Crippen molar-refractivity contribution < 1.29 is 9.53 Å². The molecule has 0 radical (unpaired) electrons. The molecule has 1 aliphatic heterocycles. The van der Waals surface area contributed by atoms with Gasteiger partial charge in [0.25, 0.3) is 0 Å². The van der Waals surface area contributed by atoms with E-state index >= 15 is 0 Å². The summed E-state index contributed by atoms with van der Waals surface area (Å²) in [5.74, 6) is 2.84. The number of morpholine rings is 1. The summed E-state index contributed by atoms with van der Waals surface area (Å²) in [7, 11) is 3.80. The van der Waals surface area contributed by atoms with E-state index < -0.39 is 0 Å². The van der Waals surface area contributed by atoms with Crippen molar-refractivity contribution in [3.8, 4) is 22.5 Å². The molecule has 1 saturated heterocycles. The Morgan fingerprint density at radius 3 is 1.95 bits per heavy atom. The molecule has 0 saturated carbocycles. The lowest BCUT2D eigenvalue weighted by Gasteiger charge is -2.27. The standard InChI is InChI=1S/C29H33N9O2/c1-19(2)25-34-26(36-28(35-25)38-13-15-40-16-14-38)21-7-11-24(12-8-21)33-29(39)32-23-9-5-20(6-10-23)22-17-30-27(31-18-22)37(3)4/h5-12,17-19H,13-16H2,1-4H3,(H2,32,33,39). The van der Waals surface area contributed by atoms with Crippen LogP contribution in [-0.2, 0) is 4.74 Å². The lowest BCUT2D eigenvalue weighted by atomic mass is 10.1. The minimum Gasteiger partial charge on any atom is -0.378 e. The van der Waals surface area contributed by atoms with Crippen LogP contribution in [0, 0.1) is 0 Å². The van der Waals surface area contributed by atoms with Gasteiger partial charge in [0.15, 0.2) is 5.82 Å². The minimum absolute atomic E-state index is 0.164. The molecular weight excluding hydrogens is 506 g/mol. The summed E-state index contributed by atoms with van der Waals surface area (Å²) < 4.78 is 5.47. The summed E-state index contributed by atoms with van der Waals surface area (Å²) in [5, 5.41) is 5.74. The highest BCUT2D eigenvalue weighted by molar-refractivity contribution is 6.00. The molecule has 0 spiro atoms. The van der Waals surface area contributed by atoms with Crippen LogP contribution in [0.5, 0.6) is 0 Å². The summed E-state index contributed by atoms with van der Waals surface area (Å²) >= 11 is 0. The van der Waals surface area contributed by atoms with Crippen LogP contribution < -0.4 is 20.4 Å². The number of urea groups is 1. The molecule has 4 aromatic rings. The zero-order chi connectivity index (χ0) is 28.1. The first-order valence-corrected chi connectivity index (χ1v) is 13.2. The van der Waals surface area contributed by atoms with Crippen molar-refractivity contribution >= 4 is 29.3 Å². The van der Waals surface area contributed by atoms with Gasteiger partial charge in [-0.05, 0) is 42.0 Å². The van der Waals surface area contributed by atoms with Crippen LogP contribution in [-0.4, -0.2) is 71.3 Å². The van der Waals surface area contributed by atoms with Crippen molar-refractivity contribution in [1.82, 2.24) is 24.9 Å². The lowest BCUT2D eigenvalue weighted by molar-refractivity contribution is 0.122. The van der Waals surface area contributed by atoms with E-state index in [-0.39, 0.29) is 11.9 Å². The highest BCUT2D eigenvalue weighted by atomic mass is 16.5. The number of aromatic nitrogens is 5. The van der Waals surface area contributed by atoms with Crippen LogP contribution in [0.4, 0.5) is 28.1 Å². The largest absolute Gasteiger partial charge is 0.378 e. The fraction of sp³-hybridized carbons (Fsp3) is 0.310. The number of rotatable bonds is 7. The first kappa shape index (κ1) is 26.9. The predicted octanol–water partition coefficient (Wildman–Crippen LogP) is 4.67. The first-order chi connectivity index (χ1) is 19.4. The van der Waals surface area contributed by atoms with Crippen LogP contribution in [0.25, 0.3) is 22.5 Å². The van der Waals surface area contributed by atoms with Crippen molar-refractivity contribution in [1.29, 1.82) is 0 Å². The van der Waals surface area contributed by atoms with E-state index in [4.69, 9.17) is 14.7 Å². The molecule has 206 valence electrons. The van der Waals surface area contributed by atoms with Gasteiger partial charge in [-0.25, -0.2) is 19.7 Å². The molecule has 2 aromatic carbocycles. The van der Waals surface area contributed by atoms with Crippen molar-refractivity contribution in [2.24, 2.45) is 0 Å². The Balaban J connectivity index is 1.23. The Morgan fingerprint density at radius 2 is 1.40 bits per heavy atom. The van der Waals surface area contributed by atoms with Crippen LogP contribution in [0.15, 0.2) is 60.9 Å². The molecule has 2 N–H and O–H groups in total. The Bertz CT molecular complexity index is 1430. The topological polar surface area (TPSA) is 121 Å². The van der Waals surface area contributed by atoms with Gasteiger partial charge in [0.05, 0.1) is 13.2 Å². The van der Waals surface area contributed by atoms with E-state index in [0.717, 1.165) is 35.6 Å². The van der Waals surface area contributed by atoms with Crippen LogP contribution in [0.1, 0.15) is 25.6 Å². The molecule has 40 heavy (non-hydrogen) atoms. The second-order valence-electron chi connectivity index (χ2n) is 9.97. The monoisotopic (exact) mass is 539 g/mol. The predicted molar refractivity (Wildman–Crippen MR) is 157 cm³/mol. The summed E-state index contributed by atoms with van der Waals surface area (Å²) in [6, 6.07) is 14.7. The van der Waals surface area contributed by atoms with Crippen LogP contribution in [0.2, 0.25) is 0 Å². The average Bonchev–Trinajstić information content (AvgIpc) is 2.98. The molecule has 2 aromatic heterocycles. The number of hydrogen-bond donors (Lipinski definition) is 2. The first-order valence-electron chi connectivity index (χ1n) is 13.2. The smallest absolute Gasteiger partial charge is 0.323 e. The molecule has 3 heterocycles. The van der Waals surface area contributed by atoms with Gasteiger partial charge in [-0.2, -0.15) is 9.97 Å². The molecule has 0 bridgehead atoms. The lowest BCUT2D eigenvalue weighted by Crippen LogP contribution is -2.37. The van der Waals surface area contributed by atoms with Crippen molar-refractivity contribution in [2.45, 2.75) is 19.8 Å². The Morgan fingerprint density at radius 1 is 0.825 bits per heavy atom. The number of carbonyl (C=O) groups is 1. The Labute approximate surface area is 233 Å². The maximum atomic E-state index is 12.6. The third-order valence-corrected chi connectivity index (χ3v) is 6.37. The van der Waals surface area contributed by atoms with Gasteiger partial charge < -0.3 is 25.2 Å². The van der Waals surface area contributed by atoms with Crippen LogP contribution in [0.3, 0.4) is 0 Å². The maximum Gasteiger partial charge on any atom is 0.323 e. The molecule has 0 unspecified atom stereocenters. The molecular formula is C29H33N9O2. The molecule has 0 aliphatic carbocycles. The van der Waals surface area contributed by atoms with Gasteiger partial charge in [0, 0.05) is 68.0 Å². The number of carbonyl (C=O) groups excluding carboxylic acids is 1. The molecule has 11 heteroatoms. The number of benzene rings is 2. The summed E-state index contributed by atoms with van der Waals surface area (Å²) in [4.78, 5) is 39.4. The van der Waals surface area contributed by atoms with E-state index in [2.05, 4.69) is 44.3 Å². The van der Waals surface area contributed by atoms with Crippen LogP contribution >= 0.6 is 0 Å². The van der Waals surface area contributed by atoms with Gasteiger partial charge >= 0.3 is 6.03 Å². The van der Waals surface area contributed by atoms with E-state index in [9.17, 15) is 4.79 Å². The van der Waals surface area contributed by atoms with Gasteiger partial charge in [0.1, 0.15) is 5.82 Å². The SMILES string of the molecule is CC(C)c1nc(-c2ccc(NC(=O)Nc3ccc(-c4cnc(N(C)C)nc4)cc3)cc2)nc(N2CCOCC2)n1. The van der Waals surface area contributed by atoms with Crippen molar-refractivity contribution in [3.05, 3.63) is 66.7 Å². The van der Waals surface area contributed by atoms with E-state index in [1.807, 2.05) is 67.5 Å². The molecule has 1 aliphatic rings. The van der Waals surface area contributed by atoms with Crippen molar-refractivity contribution in [3.63, 3.8) is 0 Å². The summed E-state index contributed by atoms with van der Waals surface area (Å²) in [6.45, 7) is 6.95. The van der Waals surface area contributed by atoms with Crippen molar-refractivity contribution in [2.75, 3.05) is 60.8 Å². The zero-order valence-corrected chi connectivity index (χ0v) is 23.1. The van der Waals surface area contributed by atoms with E-state index in [1.54, 1.807) is 12.4 Å². The quantitative estimate of drug-likeness (QED) is 0.345. The molecule has 5 rings (SSSR count). The minimum atomic E-state index is -0.337. The highest BCUT2D eigenvalue weighted by Gasteiger charge is 2.18. The third-order valence-electron chi connectivity index (χ3n) is 6.37. The van der Waals surface area contributed by atoms with Gasteiger partial charge in [-0.3, -0.25) is 0 Å². The third kappa shape index (κ3) is 6.49. The molecule has 11 nitrogen and oxygen atoms in total. The Kier molecular flexibility index (Phi) is 8.11. The number of anilines is 4. The van der Waals surface area contributed by atoms with Gasteiger partial charge in [-0.1, -0.05) is 26.0 Å². The fourth-order valence-electron chi connectivity index (χ4n) is 4.12. The normalized spacial score (nSPS) is 13.3.